The van der Waals surface area contributed by atoms with Gasteiger partial charge in [-0.05, 0) is 26.2 Å². The molecule has 21 heavy (non-hydrogen) atoms. The number of guanidine groups is 1. The van der Waals surface area contributed by atoms with Crippen LogP contribution in [0.2, 0.25) is 0 Å². The van der Waals surface area contributed by atoms with Crippen LogP contribution in [-0.4, -0.2) is 55.9 Å². The van der Waals surface area contributed by atoms with Crippen LogP contribution in [0.25, 0.3) is 0 Å². The topological polar surface area (TPSA) is 60.1 Å². The first-order valence-electron chi connectivity index (χ1n) is 7.95. The van der Waals surface area contributed by atoms with E-state index in [0.29, 0.717) is 18.1 Å². The fourth-order valence-corrected chi connectivity index (χ4v) is 3.55. The van der Waals surface area contributed by atoms with Crippen LogP contribution >= 0.6 is 24.0 Å². The van der Waals surface area contributed by atoms with Crippen LogP contribution in [0.4, 0.5) is 0 Å². The van der Waals surface area contributed by atoms with Crippen molar-refractivity contribution in [1.29, 1.82) is 0 Å². The molecule has 0 radical (unpaired) electrons. The first kappa shape index (κ1) is 19.0. The van der Waals surface area contributed by atoms with Crippen LogP contribution in [0.15, 0.2) is 4.99 Å². The summed E-state index contributed by atoms with van der Waals surface area (Å²) in [7, 11) is 0. The number of nitrogens with two attached hydrogens (primary N) is 1. The summed E-state index contributed by atoms with van der Waals surface area (Å²) in [6.45, 7) is 10.5. The van der Waals surface area contributed by atoms with Gasteiger partial charge in [0, 0.05) is 25.1 Å². The summed E-state index contributed by atoms with van der Waals surface area (Å²) in [6, 6.07) is 0.303. The molecule has 0 amide bonds. The second kappa shape index (κ2) is 8.53. The van der Waals surface area contributed by atoms with Gasteiger partial charge >= 0.3 is 0 Å². The van der Waals surface area contributed by atoms with Crippen molar-refractivity contribution in [3.05, 3.63) is 0 Å². The maximum atomic E-state index is 6.19. The minimum Gasteiger partial charge on any atom is -0.378 e. The van der Waals surface area contributed by atoms with Crippen molar-refractivity contribution in [2.45, 2.75) is 52.2 Å². The smallest absolute Gasteiger partial charge is 0.191 e. The van der Waals surface area contributed by atoms with Gasteiger partial charge in [-0.15, -0.1) is 24.0 Å². The lowest BCUT2D eigenvalue weighted by Crippen LogP contribution is -2.58. The summed E-state index contributed by atoms with van der Waals surface area (Å²) in [5.74, 6) is 0.680. The quantitative estimate of drug-likeness (QED) is 0.428. The summed E-state index contributed by atoms with van der Waals surface area (Å²) in [5, 5.41) is 0. The zero-order valence-electron chi connectivity index (χ0n) is 13.5. The Kier molecular flexibility index (Phi) is 7.70. The molecule has 0 aromatic heterocycles. The molecule has 6 heteroatoms. The van der Waals surface area contributed by atoms with Gasteiger partial charge in [-0.1, -0.05) is 13.8 Å². The number of ether oxygens (including phenoxy) is 2. The predicted octanol–water partition coefficient (Wildman–Crippen LogP) is 2.24. The highest BCUT2D eigenvalue weighted by Crippen LogP contribution is 2.50. The van der Waals surface area contributed by atoms with Gasteiger partial charge in [0.1, 0.15) is 0 Å². The lowest BCUT2D eigenvalue weighted by atomic mass is 9.59. The maximum absolute atomic E-state index is 6.19. The largest absolute Gasteiger partial charge is 0.378 e. The van der Waals surface area contributed by atoms with E-state index >= 15 is 0 Å². The molecule has 2 N–H and O–H groups in total. The molecule has 0 spiro atoms. The summed E-state index contributed by atoms with van der Waals surface area (Å²) >= 11 is 0. The molecule has 1 aliphatic heterocycles. The highest BCUT2D eigenvalue weighted by atomic mass is 127. The van der Waals surface area contributed by atoms with E-state index in [1.807, 2.05) is 0 Å². The van der Waals surface area contributed by atoms with Crippen molar-refractivity contribution in [2.24, 2.45) is 16.1 Å². The molecule has 2 atom stereocenters. The highest BCUT2D eigenvalue weighted by Gasteiger charge is 2.53. The van der Waals surface area contributed by atoms with E-state index in [1.54, 1.807) is 0 Å². The molecule has 124 valence electrons. The summed E-state index contributed by atoms with van der Waals surface area (Å²) in [4.78, 5) is 6.95. The second-order valence-electron chi connectivity index (χ2n) is 5.72. The number of hydrogen-bond acceptors (Lipinski definition) is 3. The van der Waals surface area contributed by atoms with E-state index in [1.165, 1.54) is 0 Å². The average Bonchev–Trinajstić information content (AvgIpc) is 2.48. The van der Waals surface area contributed by atoms with Crippen molar-refractivity contribution < 1.29 is 9.47 Å². The molecular weight excluding hydrogens is 381 g/mol. The molecule has 0 bridgehead atoms. The van der Waals surface area contributed by atoms with Crippen molar-refractivity contribution in [3.8, 4) is 0 Å². The predicted molar refractivity (Wildman–Crippen MR) is 96.3 cm³/mol. The molecule has 0 aromatic rings. The molecule has 2 aliphatic rings. The standard InChI is InChI=1S/C15H29N3O2.HI/c1-4-15(5-2)12(11-13(15)20-6-3)17-14(16)18-7-9-19-10-8-18;/h12-13H,4-11H2,1-3H3,(H2,16,17);1H. The SMILES string of the molecule is CCOC1CC(N=C(N)N2CCOCC2)C1(CC)CC.I. The van der Waals surface area contributed by atoms with Crippen molar-refractivity contribution in [2.75, 3.05) is 32.9 Å². The number of aliphatic imine (C=N–C) groups is 1. The molecule has 1 saturated carbocycles. The summed E-state index contributed by atoms with van der Waals surface area (Å²) < 4.78 is 11.2. The van der Waals surface area contributed by atoms with Gasteiger partial charge in [0.25, 0.3) is 0 Å². The van der Waals surface area contributed by atoms with E-state index in [-0.39, 0.29) is 29.4 Å². The molecular formula is C15H30IN3O2. The first-order chi connectivity index (χ1) is 9.67. The fraction of sp³-hybridized carbons (Fsp3) is 0.933. The van der Waals surface area contributed by atoms with E-state index in [2.05, 4.69) is 25.7 Å². The monoisotopic (exact) mass is 411 g/mol. The zero-order valence-corrected chi connectivity index (χ0v) is 15.8. The highest BCUT2D eigenvalue weighted by molar-refractivity contribution is 14.0. The Morgan fingerprint density at radius 3 is 2.43 bits per heavy atom. The minimum atomic E-state index is 0. The molecule has 0 aromatic carbocycles. The number of rotatable bonds is 5. The number of morpholine rings is 1. The number of halogens is 1. The Morgan fingerprint density at radius 1 is 1.29 bits per heavy atom. The third-order valence-corrected chi connectivity index (χ3v) is 5.05. The van der Waals surface area contributed by atoms with Crippen molar-refractivity contribution >= 4 is 29.9 Å². The summed E-state index contributed by atoms with van der Waals surface area (Å²) in [5.41, 5.74) is 6.36. The van der Waals surface area contributed by atoms with Crippen LogP contribution in [-0.2, 0) is 9.47 Å². The minimum absolute atomic E-state index is 0. The van der Waals surface area contributed by atoms with Crippen LogP contribution in [0.1, 0.15) is 40.0 Å². The van der Waals surface area contributed by atoms with Gasteiger partial charge in [0.15, 0.2) is 5.96 Å². The van der Waals surface area contributed by atoms with Crippen LogP contribution in [0.3, 0.4) is 0 Å². The van der Waals surface area contributed by atoms with Gasteiger partial charge < -0.3 is 20.1 Å². The third-order valence-electron chi connectivity index (χ3n) is 5.05. The molecule has 2 unspecified atom stereocenters. The van der Waals surface area contributed by atoms with E-state index < -0.39 is 0 Å². The molecule has 2 fully saturated rings. The maximum Gasteiger partial charge on any atom is 0.191 e. The third kappa shape index (κ3) is 3.82. The van der Waals surface area contributed by atoms with Crippen molar-refractivity contribution in [1.82, 2.24) is 4.90 Å². The van der Waals surface area contributed by atoms with Crippen LogP contribution < -0.4 is 5.73 Å². The lowest BCUT2D eigenvalue weighted by molar-refractivity contribution is -0.127. The Morgan fingerprint density at radius 2 is 1.90 bits per heavy atom. The van der Waals surface area contributed by atoms with Gasteiger partial charge in [-0.25, -0.2) is 4.99 Å². The first-order valence-corrected chi connectivity index (χ1v) is 7.95. The Balaban J connectivity index is 0.00000220. The lowest BCUT2D eigenvalue weighted by Gasteiger charge is -2.53. The second-order valence-corrected chi connectivity index (χ2v) is 5.72. The van der Waals surface area contributed by atoms with E-state index in [4.69, 9.17) is 20.2 Å². The van der Waals surface area contributed by atoms with E-state index in [9.17, 15) is 0 Å². The normalized spacial score (nSPS) is 28.7. The van der Waals surface area contributed by atoms with Gasteiger partial charge in [0.05, 0.1) is 25.4 Å². The molecule has 1 aliphatic carbocycles. The molecule has 1 heterocycles. The fourth-order valence-electron chi connectivity index (χ4n) is 3.55. The van der Waals surface area contributed by atoms with Gasteiger partial charge in [0.2, 0.25) is 0 Å². The Hall–Kier alpha value is -0.0800. The number of hydrogen-bond donors (Lipinski definition) is 1. The molecule has 2 rings (SSSR count). The van der Waals surface area contributed by atoms with Crippen LogP contribution in [0.5, 0.6) is 0 Å². The van der Waals surface area contributed by atoms with E-state index in [0.717, 1.165) is 52.2 Å². The Labute approximate surface area is 145 Å². The summed E-state index contributed by atoms with van der Waals surface area (Å²) in [6.07, 6.45) is 3.53. The van der Waals surface area contributed by atoms with Gasteiger partial charge in [-0.3, -0.25) is 0 Å². The average molecular weight is 411 g/mol. The van der Waals surface area contributed by atoms with Crippen LogP contribution in [0, 0.1) is 5.41 Å². The zero-order chi connectivity index (χ0) is 14.6. The Bertz CT molecular complexity index is 342. The van der Waals surface area contributed by atoms with Gasteiger partial charge in [-0.2, -0.15) is 0 Å². The number of nitrogens with zero attached hydrogens (tertiary/aromatic N) is 2. The van der Waals surface area contributed by atoms with Crippen molar-refractivity contribution in [3.63, 3.8) is 0 Å². The molecule has 5 nitrogen and oxygen atoms in total. The molecule has 1 saturated heterocycles.